The maximum Gasteiger partial charge on any atom is 0.305 e. The molecule has 0 fully saturated rings. The summed E-state index contributed by atoms with van der Waals surface area (Å²) >= 11 is 0. The second-order valence-corrected chi connectivity index (χ2v) is 3.54. The zero-order valence-corrected chi connectivity index (χ0v) is 9.95. The maximum atomic E-state index is 11.1. The minimum Gasteiger partial charge on any atom is -0.469 e. The van der Waals surface area contributed by atoms with Crippen molar-refractivity contribution in [3.8, 4) is 11.8 Å². The van der Waals surface area contributed by atoms with Crippen molar-refractivity contribution in [1.82, 2.24) is 0 Å². The summed E-state index contributed by atoms with van der Waals surface area (Å²) < 4.78 is 4.58. The van der Waals surface area contributed by atoms with Gasteiger partial charge in [-0.25, -0.2) is 0 Å². The van der Waals surface area contributed by atoms with Crippen molar-refractivity contribution in [2.75, 3.05) is 7.11 Å². The van der Waals surface area contributed by atoms with Gasteiger partial charge >= 0.3 is 5.97 Å². The lowest BCUT2D eigenvalue weighted by atomic mass is 10.0. The fourth-order valence-corrected chi connectivity index (χ4v) is 1.35. The molecule has 0 saturated heterocycles. The van der Waals surface area contributed by atoms with Crippen LogP contribution in [0.4, 0.5) is 0 Å². The highest BCUT2D eigenvalue weighted by Gasteiger charge is 2.04. The average Bonchev–Trinajstić information content (AvgIpc) is 2.34. The van der Waals surface area contributed by atoms with Crippen molar-refractivity contribution < 1.29 is 14.3 Å². The Morgan fingerprint density at radius 3 is 2.65 bits per heavy atom. The lowest BCUT2D eigenvalue weighted by molar-refractivity contribution is -0.140. The van der Waals surface area contributed by atoms with Crippen LogP contribution in [0.25, 0.3) is 0 Å². The molecule has 1 aromatic carbocycles. The highest BCUT2D eigenvalue weighted by Crippen LogP contribution is 2.10. The number of methoxy groups -OCH3 is 1. The minimum absolute atomic E-state index is 0.173. The third-order valence-electron chi connectivity index (χ3n) is 2.22. The van der Waals surface area contributed by atoms with Crippen LogP contribution in [0.2, 0.25) is 0 Å². The Kier molecular flexibility index (Phi) is 4.96. The van der Waals surface area contributed by atoms with Gasteiger partial charge < -0.3 is 4.74 Å². The topological polar surface area (TPSA) is 43.4 Å². The van der Waals surface area contributed by atoms with Crippen LogP contribution in [0.1, 0.15) is 24.5 Å². The summed E-state index contributed by atoms with van der Waals surface area (Å²) in [6.07, 6.45) is 0.880. The Balaban J connectivity index is 2.82. The smallest absolute Gasteiger partial charge is 0.305 e. The van der Waals surface area contributed by atoms with E-state index in [-0.39, 0.29) is 11.8 Å². The zero-order chi connectivity index (χ0) is 12.7. The molecule has 1 aromatic rings. The van der Waals surface area contributed by atoms with Crippen LogP contribution in [0.5, 0.6) is 0 Å². The first-order valence-electron chi connectivity index (χ1n) is 5.31. The molecule has 0 saturated carbocycles. The first-order valence-corrected chi connectivity index (χ1v) is 5.31. The zero-order valence-electron chi connectivity index (χ0n) is 9.95. The highest BCUT2D eigenvalue weighted by atomic mass is 16.5. The molecular weight excluding hydrogens is 216 g/mol. The van der Waals surface area contributed by atoms with Gasteiger partial charge in [0.1, 0.15) is 0 Å². The Morgan fingerprint density at radius 1 is 1.29 bits per heavy atom. The summed E-state index contributed by atoms with van der Waals surface area (Å²) in [4.78, 5) is 21.8. The molecule has 0 atom stereocenters. The summed E-state index contributed by atoms with van der Waals surface area (Å²) in [5.41, 5.74) is 1.73. The van der Waals surface area contributed by atoms with Crippen LogP contribution in [-0.2, 0) is 20.7 Å². The molecule has 0 spiro atoms. The van der Waals surface area contributed by atoms with E-state index in [0.29, 0.717) is 12.8 Å². The monoisotopic (exact) mass is 230 g/mol. The second-order valence-electron chi connectivity index (χ2n) is 3.54. The summed E-state index contributed by atoms with van der Waals surface area (Å²) in [6.45, 7) is 1.42. The number of carbonyl (C=O) groups is 2. The number of Topliss-reactive ketones (excluding diaryl/α,β-unsaturated/α-hetero) is 1. The molecule has 0 radical (unpaired) electrons. The molecular formula is C14H14O3. The molecule has 3 heteroatoms. The number of ether oxygens (including phenoxy) is 1. The largest absolute Gasteiger partial charge is 0.469 e. The summed E-state index contributed by atoms with van der Waals surface area (Å²) in [5.74, 6) is 4.88. The normalized spacial score (nSPS) is 9.06. The van der Waals surface area contributed by atoms with E-state index in [1.54, 1.807) is 0 Å². The highest BCUT2D eigenvalue weighted by molar-refractivity contribution is 5.93. The van der Waals surface area contributed by atoms with Gasteiger partial charge in [-0.15, -0.1) is 0 Å². The van der Waals surface area contributed by atoms with E-state index in [1.165, 1.54) is 14.0 Å². The molecule has 0 N–H and O–H groups in total. The standard InChI is InChI=1S/C14H14O3/c1-11(15)7-8-12-5-3-4-6-13(12)9-10-14(16)17-2/h3-6H,9-10H2,1-2H3. The Labute approximate surface area is 101 Å². The Morgan fingerprint density at radius 2 is 2.00 bits per heavy atom. The number of rotatable bonds is 3. The number of aryl methyl sites for hydroxylation is 1. The average molecular weight is 230 g/mol. The predicted molar refractivity (Wildman–Crippen MR) is 64.3 cm³/mol. The van der Waals surface area contributed by atoms with Gasteiger partial charge in [-0.2, -0.15) is 0 Å². The van der Waals surface area contributed by atoms with Gasteiger partial charge in [0.05, 0.1) is 7.11 Å². The lowest BCUT2D eigenvalue weighted by Crippen LogP contribution is -2.02. The van der Waals surface area contributed by atoms with E-state index >= 15 is 0 Å². The SMILES string of the molecule is COC(=O)CCc1ccccc1C#CC(C)=O. The van der Waals surface area contributed by atoms with Gasteiger partial charge in [0.2, 0.25) is 5.78 Å². The molecule has 0 bridgehead atoms. The number of benzene rings is 1. The molecule has 0 aliphatic carbocycles. The van der Waals surface area contributed by atoms with Crippen molar-refractivity contribution in [3.63, 3.8) is 0 Å². The summed E-state index contributed by atoms with van der Waals surface area (Å²) in [6, 6.07) is 7.47. The quantitative estimate of drug-likeness (QED) is 0.586. The van der Waals surface area contributed by atoms with E-state index in [4.69, 9.17) is 0 Å². The van der Waals surface area contributed by atoms with Gasteiger partial charge in [-0.05, 0) is 24.0 Å². The van der Waals surface area contributed by atoms with E-state index < -0.39 is 0 Å². The summed E-state index contributed by atoms with van der Waals surface area (Å²) in [5, 5.41) is 0. The Bertz CT molecular complexity index is 478. The fourth-order valence-electron chi connectivity index (χ4n) is 1.35. The van der Waals surface area contributed by atoms with Crippen LogP contribution in [-0.4, -0.2) is 18.9 Å². The number of carbonyl (C=O) groups excluding carboxylic acids is 2. The van der Waals surface area contributed by atoms with E-state index in [0.717, 1.165) is 11.1 Å². The number of esters is 1. The van der Waals surface area contributed by atoms with Crippen molar-refractivity contribution >= 4 is 11.8 Å². The van der Waals surface area contributed by atoms with Gasteiger partial charge in [-0.3, -0.25) is 9.59 Å². The third kappa shape index (κ3) is 4.52. The van der Waals surface area contributed by atoms with Crippen LogP contribution < -0.4 is 0 Å². The molecule has 0 aliphatic heterocycles. The number of ketones is 1. The van der Waals surface area contributed by atoms with E-state index in [9.17, 15) is 9.59 Å². The molecule has 3 nitrogen and oxygen atoms in total. The molecule has 17 heavy (non-hydrogen) atoms. The van der Waals surface area contributed by atoms with Crippen molar-refractivity contribution in [2.45, 2.75) is 19.8 Å². The molecule has 0 unspecified atom stereocenters. The first-order chi connectivity index (χ1) is 8.13. The number of hydrogen-bond acceptors (Lipinski definition) is 3. The molecule has 0 heterocycles. The van der Waals surface area contributed by atoms with E-state index in [2.05, 4.69) is 16.6 Å². The molecule has 0 aromatic heterocycles. The van der Waals surface area contributed by atoms with E-state index in [1.807, 2.05) is 24.3 Å². The predicted octanol–water partition coefficient (Wildman–Crippen LogP) is 1.73. The van der Waals surface area contributed by atoms with Crippen LogP contribution >= 0.6 is 0 Å². The molecule has 88 valence electrons. The van der Waals surface area contributed by atoms with Crippen LogP contribution in [0.3, 0.4) is 0 Å². The molecule has 0 aliphatic rings. The minimum atomic E-state index is -0.251. The van der Waals surface area contributed by atoms with Gasteiger partial charge in [0.25, 0.3) is 0 Å². The van der Waals surface area contributed by atoms with Crippen molar-refractivity contribution in [2.24, 2.45) is 0 Å². The molecule has 0 amide bonds. The first kappa shape index (κ1) is 13.0. The van der Waals surface area contributed by atoms with Crippen LogP contribution in [0.15, 0.2) is 24.3 Å². The third-order valence-corrected chi connectivity index (χ3v) is 2.22. The lowest BCUT2D eigenvalue weighted by Gasteiger charge is -2.03. The fraction of sp³-hybridized carbons (Fsp3) is 0.286. The summed E-state index contributed by atoms with van der Waals surface area (Å²) in [7, 11) is 1.36. The number of hydrogen-bond donors (Lipinski definition) is 0. The van der Waals surface area contributed by atoms with Crippen LogP contribution in [0, 0.1) is 11.8 Å². The molecule has 1 rings (SSSR count). The van der Waals surface area contributed by atoms with Gasteiger partial charge in [0.15, 0.2) is 0 Å². The maximum absolute atomic E-state index is 11.1. The second kappa shape index (κ2) is 6.49. The van der Waals surface area contributed by atoms with Gasteiger partial charge in [0, 0.05) is 18.9 Å². The van der Waals surface area contributed by atoms with Gasteiger partial charge in [-0.1, -0.05) is 24.1 Å². The van der Waals surface area contributed by atoms with Crippen molar-refractivity contribution in [3.05, 3.63) is 35.4 Å². The van der Waals surface area contributed by atoms with Crippen molar-refractivity contribution in [1.29, 1.82) is 0 Å². The Hall–Kier alpha value is -2.08.